The van der Waals surface area contributed by atoms with Crippen LogP contribution in [0.25, 0.3) is 6.08 Å². The Labute approximate surface area is 83.8 Å². The van der Waals surface area contributed by atoms with E-state index in [-0.39, 0.29) is 11.3 Å². The summed E-state index contributed by atoms with van der Waals surface area (Å²) in [6, 6.07) is 7.51. The summed E-state index contributed by atoms with van der Waals surface area (Å²) in [6.45, 7) is 5.40. The molecule has 0 saturated carbocycles. The van der Waals surface area contributed by atoms with Gasteiger partial charge in [-0.25, -0.2) is 0 Å². The van der Waals surface area contributed by atoms with Gasteiger partial charge in [0.1, 0.15) is 0 Å². The summed E-state index contributed by atoms with van der Waals surface area (Å²) < 4.78 is 0. The van der Waals surface area contributed by atoms with Crippen molar-refractivity contribution in [3.05, 3.63) is 42.0 Å². The van der Waals surface area contributed by atoms with E-state index in [0.717, 1.165) is 11.1 Å². The van der Waals surface area contributed by atoms with E-state index >= 15 is 0 Å². The third-order valence-electron chi connectivity index (χ3n) is 2.14. The molecule has 0 aromatic heterocycles. The first-order valence-electron chi connectivity index (χ1n) is 4.52. The molecule has 0 aliphatic carbocycles. The van der Waals surface area contributed by atoms with Gasteiger partial charge in [-0.05, 0) is 24.5 Å². The maximum absolute atomic E-state index is 8.76. The van der Waals surface area contributed by atoms with Crippen LogP contribution in [0.2, 0.25) is 0 Å². The smallest absolute Gasteiger partial charge is 0.0635 e. The van der Waals surface area contributed by atoms with Gasteiger partial charge in [-0.15, -0.1) is 0 Å². The predicted molar refractivity (Wildman–Crippen MR) is 55.1 cm³/mol. The summed E-state index contributed by atoms with van der Waals surface area (Å²) in [7, 11) is 0. The van der Waals surface area contributed by atoms with Crippen LogP contribution >= 0.6 is 0 Å². The first-order valence-corrected chi connectivity index (χ1v) is 4.52. The molecular weight excluding hydrogens is 178 g/mol. The van der Waals surface area contributed by atoms with Gasteiger partial charge in [-0.2, -0.15) is 0 Å². The Bertz CT molecular complexity index is 293. The minimum Gasteiger partial charge on any atom is -0.289 e. The largest absolute Gasteiger partial charge is 0.289 e. The van der Waals surface area contributed by atoms with Crippen molar-refractivity contribution in [2.75, 3.05) is 0 Å². The van der Waals surface area contributed by atoms with Gasteiger partial charge in [0.25, 0.3) is 0 Å². The molecule has 0 fully saturated rings. The Hall–Kier alpha value is -1.16. The highest BCUT2D eigenvalue weighted by molar-refractivity contribution is 5.47. The van der Waals surface area contributed by atoms with Gasteiger partial charge in [0, 0.05) is 0 Å². The van der Waals surface area contributed by atoms with E-state index in [4.69, 9.17) is 10.4 Å². The Morgan fingerprint density at radius 2 is 1.93 bits per heavy atom. The molecule has 3 heteroatoms. The van der Waals surface area contributed by atoms with Crippen LogP contribution in [0.1, 0.15) is 18.1 Å². The normalized spacial score (nSPS) is 12.9. The van der Waals surface area contributed by atoms with Crippen LogP contribution in [0.15, 0.2) is 30.8 Å². The fourth-order valence-corrected chi connectivity index (χ4v) is 1.21. The van der Waals surface area contributed by atoms with E-state index in [1.807, 2.05) is 24.3 Å². The zero-order chi connectivity index (χ0) is 10.6. The topological polar surface area (TPSA) is 43.7 Å². The van der Waals surface area contributed by atoms with Gasteiger partial charge in [-0.1, -0.05) is 42.1 Å². The van der Waals surface area contributed by atoms with Crippen molar-refractivity contribution in [3.63, 3.8) is 0 Å². The maximum atomic E-state index is 8.76. The van der Waals surface area contributed by atoms with Gasteiger partial charge < -0.3 is 0 Å². The number of nitrogens with zero attached hydrogens (tertiary/aromatic N) is 1. The molecule has 1 rings (SSSR count). The highest BCUT2D eigenvalue weighted by Gasteiger charge is 2.08. The Morgan fingerprint density at radius 3 is 2.36 bits per heavy atom. The van der Waals surface area contributed by atoms with Crippen molar-refractivity contribution in [1.82, 2.24) is 5.23 Å². The van der Waals surface area contributed by atoms with Crippen molar-refractivity contribution in [2.24, 2.45) is 0 Å². The average molecular weight is 193 g/mol. The van der Waals surface area contributed by atoms with Crippen LogP contribution in [0, 0.1) is 0 Å². The number of rotatable bonds is 4. The molecule has 0 saturated heterocycles. The summed E-state index contributed by atoms with van der Waals surface area (Å²) in [5.74, 6) is 0. The second-order valence-electron chi connectivity index (χ2n) is 3.32. The lowest BCUT2D eigenvalue weighted by Crippen LogP contribution is -2.27. The lowest BCUT2D eigenvalue weighted by atomic mass is 10.1. The van der Waals surface area contributed by atoms with Crippen molar-refractivity contribution in [1.29, 1.82) is 0 Å². The SMILES string of the molecule is C=Cc1ccc(CC(C)N(O)O)cc1. The second-order valence-corrected chi connectivity index (χ2v) is 3.32. The quantitative estimate of drug-likeness (QED) is 0.721. The van der Waals surface area contributed by atoms with Crippen LogP contribution in [0.3, 0.4) is 0 Å². The van der Waals surface area contributed by atoms with Crippen molar-refractivity contribution < 1.29 is 10.4 Å². The predicted octanol–water partition coefficient (Wildman–Crippen LogP) is 2.34. The zero-order valence-corrected chi connectivity index (χ0v) is 8.22. The molecule has 3 nitrogen and oxygen atoms in total. The minimum atomic E-state index is -0.301. The van der Waals surface area contributed by atoms with Crippen LogP contribution in [-0.2, 0) is 6.42 Å². The molecule has 2 N–H and O–H groups in total. The molecule has 0 bridgehead atoms. The standard InChI is InChI=1S/C11H15NO2/c1-3-10-4-6-11(7-5-10)8-9(2)12(13)14/h3-7,9,13-14H,1,8H2,2H3. The van der Waals surface area contributed by atoms with Gasteiger partial charge in [0.05, 0.1) is 6.04 Å². The van der Waals surface area contributed by atoms with Crippen LogP contribution in [0.4, 0.5) is 0 Å². The molecule has 0 radical (unpaired) electrons. The Kier molecular flexibility index (Phi) is 3.83. The Balaban J connectivity index is 2.64. The number of hydroxylamine groups is 2. The second kappa shape index (κ2) is 4.91. The summed E-state index contributed by atoms with van der Waals surface area (Å²) in [4.78, 5) is 0. The van der Waals surface area contributed by atoms with Gasteiger partial charge in [0.2, 0.25) is 0 Å². The molecule has 0 aliphatic rings. The van der Waals surface area contributed by atoms with Crippen LogP contribution in [-0.4, -0.2) is 21.7 Å². The monoisotopic (exact) mass is 193 g/mol. The van der Waals surface area contributed by atoms with Crippen LogP contribution in [0.5, 0.6) is 0 Å². The number of hydrogen-bond donors (Lipinski definition) is 2. The Morgan fingerprint density at radius 1 is 1.36 bits per heavy atom. The van der Waals surface area contributed by atoms with Gasteiger partial charge >= 0.3 is 0 Å². The molecule has 1 aromatic rings. The van der Waals surface area contributed by atoms with Crippen LogP contribution < -0.4 is 0 Å². The van der Waals surface area contributed by atoms with E-state index < -0.39 is 0 Å². The number of hydrogen-bond acceptors (Lipinski definition) is 3. The molecule has 1 atom stereocenters. The molecule has 0 spiro atoms. The molecule has 0 heterocycles. The highest BCUT2D eigenvalue weighted by Crippen LogP contribution is 2.09. The van der Waals surface area contributed by atoms with Crippen molar-refractivity contribution in [3.8, 4) is 0 Å². The molecule has 0 amide bonds. The molecule has 1 aromatic carbocycles. The van der Waals surface area contributed by atoms with E-state index in [2.05, 4.69) is 6.58 Å². The van der Waals surface area contributed by atoms with E-state index in [1.165, 1.54) is 0 Å². The van der Waals surface area contributed by atoms with Gasteiger partial charge in [0.15, 0.2) is 0 Å². The molecule has 14 heavy (non-hydrogen) atoms. The van der Waals surface area contributed by atoms with E-state index in [1.54, 1.807) is 13.0 Å². The zero-order valence-electron chi connectivity index (χ0n) is 8.22. The fourth-order valence-electron chi connectivity index (χ4n) is 1.21. The van der Waals surface area contributed by atoms with E-state index in [0.29, 0.717) is 6.42 Å². The minimum absolute atomic E-state index is 0.238. The fraction of sp³-hybridized carbons (Fsp3) is 0.273. The van der Waals surface area contributed by atoms with Gasteiger partial charge in [-0.3, -0.25) is 10.4 Å². The third-order valence-corrected chi connectivity index (χ3v) is 2.14. The average Bonchev–Trinajstić information content (AvgIpc) is 2.19. The summed E-state index contributed by atoms with van der Waals surface area (Å²) in [5, 5.41) is 17.7. The van der Waals surface area contributed by atoms with E-state index in [9.17, 15) is 0 Å². The first kappa shape index (κ1) is 10.9. The van der Waals surface area contributed by atoms with Crippen molar-refractivity contribution >= 4 is 6.08 Å². The molecular formula is C11H15NO2. The molecule has 1 unspecified atom stereocenters. The molecule has 0 aliphatic heterocycles. The maximum Gasteiger partial charge on any atom is 0.0635 e. The lowest BCUT2D eigenvalue weighted by Gasteiger charge is -2.15. The summed E-state index contributed by atoms with van der Waals surface area (Å²) in [6.07, 6.45) is 2.38. The third kappa shape index (κ3) is 2.96. The highest BCUT2D eigenvalue weighted by atomic mass is 16.8. The summed E-state index contributed by atoms with van der Waals surface area (Å²) in [5.41, 5.74) is 2.13. The number of benzene rings is 1. The molecule has 76 valence electrons. The lowest BCUT2D eigenvalue weighted by molar-refractivity contribution is -0.328. The first-order chi connectivity index (χ1) is 6.63. The summed E-state index contributed by atoms with van der Waals surface area (Å²) >= 11 is 0. The van der Waals surface area contributed by atoms with Crippen molar-refractivity contribution in [2.45, 2.75) is 19.4 Å².